The van der Waals surface area contributed by atoms with Gasteiger partial charge in [0, 0.05) is 16.3 Å². The highest BCUT2D eigenvalue weighted by Crippen LogP contribution is 2.24. The summed E-state index contributed by atoms with van der Waals surface area (Å²) in [5.41, 5.74) is 7.60. The van der Waals surface area contributed by atoms with Gasteiger partial charge in [0.15, 0.2) is 0 Å². The minimum absolute atomic E-state index is 0.160. The van der Waals surface area contributed by atoms with Gasteiger partial charge in [0.2, 0.25) is 0 Å². The van der Waals surface area contributed by atoms with Gasteiger partial charge in [-0.3, -0.25) is 0 Å². The average Bonchev–Trinajstić information content (AvgIpc) is 2.25. The number of ether oxygens (including phenoxy) is 1. The van der Waals surface area contributed by atoms with Crippen LogP contribution in [0.15, 0.2) is 23.1 Å². The molecule has 17 heavy (non-hydrogen) atoms. The van der Waals surface area contributed by atoms with Crippen LogP contribution < -0.4 is 5.73 Å². The van der Waals surface area contributed by atoms with Crippen molar-refractivity contribution in [3.05, 3.63) is 23.8 Å². The number of nitrogen functional groups attached to an aromatic ring is 1. The maximum absolute atomic E-state index is 9.73. The zero-order valence-corrected chi connectivity index (χ0v) is 11.5. The second kappa shape index (κ2) is 6.89. The van der Waals surface area contributed by atoms with Crippen LogP contribution in [0.2, 0.25) is 0 Å². The molecule has 0 radical (unpaired) electrons. The molecule has 0 saturated carbocycles. The number of benzene rings is 1. The Balaban J connectivity index is 2.39. The molecule has 0 aliphatic rings. The molecular formula is C13H21NO2S. The van der Waals surface area contributed by atoms with Crippen molar-refractivity contribution in [2.24, 2.45) is 0 Å². The van der Waals surface area contributed by atoms with E-state index >= 15 is 0 Å². The Kier molecular flexibility index (Phi) is 5.82. The molecule has 0 aliphatic heterocycles. The Bertz CT molecular complexity index is 355. The SMILES string of the molecule is Cc1cc(N)ccc1SCC(O)COC(C)C. The first-order valence-electron chi connectivity index (χ1n) is 5.77. The van der Waals surface area contributed by atoms with E-state index in [1.807, 2.05) is 39.0 Å². The fourth-order valence-electron chi connectivity index (χ4n) is 1.37. The van der Waals surface area contributed by atoms with Crippen molar-refractivity contribution in [3.8, 4) is 0 Å². The lowest BCUT2D eigenvalue weighted by Crippen LogP contribution is -2.20. The summed E-state index contributed by atoms with van der Waals surface area (Å²) in [6.45, 7) is 6.34. The number of anilines is 1. The van der Waals surface area contributed by atoms with E-state index in [4.69, 9.17) is 10.5 Å². The molecule has 1 atom stereocenters. The Labute approximate surface area is 107 Å². The first-order valence-corrected chi connectivity index (χ1v) is 6.76. The van der Waals surface area contributed by atoms with Crippen LogP contribution in [-0.4, -0.2) is 29.7 Å². The topological polar surface area (TPSA) is 55.5 Å². The standard InChI is InChI=1S/C13H21NO2S/c1-9(2)16-7-12(15)8-17-13-5-4-11(14)6-10(13)3/h4-6,9,12,15H,7-8,14H2,1-3H3. The molecular weight excluding hydrogens is 234 g/mol. The summed E-state index contributed by atoms with van der Waals surface area (Å²) in [6.07, 6.45) is -0.271. The Morgan fingerprint density at radius 2 is 2.12 bits per heavy atom. The predicted molar refractivity (Wildman–Crippen MR) is 73.4 cm³/mol. The number of hydrogen-bond acceptors (Lipinski definition) is 4. The van der Waals surface area contributed by atoms with Crippen molar-refractivity contribution in [2.45, 2.75) is 37.9 Å². The lowest BCUT2D eigenvalue weighted by Gasteiger charge is -2.14. The van der Waals surface area contributed by atoms with E-state index < -0.39 is 6.10 Å². The monoisotopic (exact) mass is 255 g/mol. The van der Waals surface area contributed by atoms with E-state index in [1.165, 1.54) is 0 Å². The highest BCUT2D eigenvalue weighted by molar-refractivity contribution is 7.99. The van der Waals surface area contributed by atoms with Crippen molar-refractivity contribution < 1.29 is 9.84 Å². The quantitative estimate of drug-likeness (QED) is 0.605. The largest absolute Gasteiger partial charge is 0.399 e. The van der Waals surface area contributed by atoms with Gasteiger partial charge in [0.1, 0.15) is 0 Å². The highest BCUT2D eigenvalue weighted by Gasteiger charge is 2.08. The van der Waals surface area contributed by atoms with Crippen LogP contribution in [0.25, 0.3) is 0 Å². The van der Waals surface area contributed by atoms with Gasteiger partial charge in [-0.15, -0.1) is 11.8 Å². The van der Waals surface area contributed by atoms with Crippen molar-refractivity contribution in [3.63, 3.8) is 0 Å². The zero-order chi connectivity index (χ0) is 12.8. The minimum atomic E-state index is -0.431. The molecule has 0 aromatic heterocycles. The maximum atomic E-state index is 9.73. The first kappa shape index (κ1) is 14.4. The van der Waals surface area contributed by atoms with Gasteiger partial charge < -0.3 is 15.6 Å². The third kappa shape index (κ3) is 5.44. The fourth-order valence-corrected chi connectivity index (χ4v) is 2.29. The third-order valence-electron chi connectivity index (χ3n) is 2.25. The summed E-state index contributed by atoms with van der Waals surface area (Å²) < 4.78 is 5.36. The molecule has 96 valence electrons. The van der Waals surface area contributed by atoms with Gasteiger partial charge in [-0.2, -0.15) is 0 Å². The Morgan fingerprint density at radius 1 is 1.41 bits per heavy atom. The van der Waals surface area contributed by atoms with E-state index in [0.29, 0.717) is 12.4 Å². The van der Waals surface area contributed by atoms with E-state index in [1.54, 1.807) is 11.8 Å². The molecule has 0 spiro atoms. The molecule has 0 saturated heterocycles. The number of aryl methyl sites for hydroxylation is 1. The first-order chi connectivity index (χ1) is 7.99. The number of aliphatic hydroxyl groups excluding tert-OH is 1. The van der Waals surface area contributed by atoms with Crippen LogP contribution in [0.3, 0.4) is 0 Å². The molecule has 1 aromatic rings. The van der Waals surface area contributed by atoms with Gasteiger partial charge in [-0.25, -0.2) is 0 Å². The Hall–Kier alpha value is -0.710. The van der Waals surface area contributed by atoms with Crippen LogP contribution in [0, 0.1) is 6.92 Å². The van der Waals surface area contributed by atoms with E-state index in [9.17, 15) is 5.11 Å². The van der Waals surface area contributed by atoms with Crippen LogP contribution in [0.5, 0.6) is 0 Å². The van der Waals surface area contributed by atoms with Gasteiger partial charge >= 0.3 is 0 Å². The number of rotatable bonds is 6. The van der Waals surface area contributed by atoms with Crippen molar-refractivity contribution >= 4 is 17.4 Å². The predicted octanol–water partition coefficient (Wildman–Crippen LogP) is 2.46. The van der Waals surface area contributed by atoms with Crippen molar-refractivity contribution in [2.75, 3.05) is 18.1 Å². The van der Waals surface area contributed by atoms with Gasteiger partial charge in [-0.05, 0) is 44.5 Å². The van der Waals surface area contributed by atoms with Crippen LogP contribution in [0.1, 0.15) is 19.4 Å². The molecule has 0 bridgehead atoms. The highest BCUT2D eigenvalue weighted by atomic mass is 32.2. The van der Waals surface area contributed by atoms with Gasteiger partial charge in [0.05, 0.1) is 18.8 Å². The molecule has 3 nitrogen and oxygen atoms in total. The lowest BCUT2D eigenvalue weighted by atomic mass is 10.2. The van der Waals surface area contributed by atoms with Gasteiger partial charge in [-0.1, -0.05) is 0 Å². The zero-order valence-electron chi connectivity index (χ0n) is 10.6. The van der Waals surface area contributed by atoms with E-state index in [2.05, 4.69) is 0 Å². The lowest BCUT2D eigenvalue weighted by molar-refractivity contribution is 0.0152. The summed E-state index contributed by atoms with van der Waals surface area (Å²) in [7, 11) is 0. The van der Waals surface area contributed by atoms with Crippen molar-refractivity contribution in [1.82, 2.24) is 0 Å². The molecule has 1 rings (SSSR count). The fraction of sp³-hybridized carbons (Fsp3) is 0.538. The van der Waals surface area contributed by atoms with Gasteiger partial charge in [0.25, 0.3) is 0 Å². The smallest absolute Gasteiger partial charge is 0.0867 e. The summed E-state index contributed by atoms with van der Waals surface area (Å²) in [5.74, 6) is 0.636. The number of aliphatic hydroxyl groups is 1. The molecule has 0 amide bonds. The van der Waals surface area contributed by atoms with Crippen molar-refractivity contribution in [1.29, 1.82) is 0 Å². The van der Waals surface area contributed by atoms with Crippen LogP contribution in [-0.2, 0) is 4.74 Å². The summed E-state index contributed by atoms with van der Waals surface area (Å²) >= 11 is 1.63. The van der Waals surface area contributed by atoms with Crippen LogP contribution in [0.4, 0.5) is 5.69 Å². The number of thioether (sulfide) groups is 1. The normalized spacial score (nSPS) is 13.0. The molecule has 1 aromatic carbocycles. The Morgan fingerprint density at radius 3 is 2.71 bits per heavy atom. The summed E-state index contributed by atoms with van der Waals surface area (Å²) in [4.78, 5) is 1.16. The number of hydrogen-bond donors (Lipinski definition) is 2. The molecule has 0 heterocycles. The third-order valence-corrected chi connectivity index (χ3v) is 3.57. The number of nitrogens with two attached hydrogens (primary N) is 1. The molecule has 4 heteroatoms. The molecule has 1 unspecified atom stereocenters. The second-order valence-electron chi connectivity index (χ2n) is 4.37. The van der Waals surface area contributed by atoms with E-state index in [0.717, 1.165) is 16.1 Å². The maximum Gasteiger partial charge on any atom is 0.0867 e. The molecule has 0 aliphatic carbocycles. The molecule has 0 fully saturated rings. The summed E-state index contributed by atoms with van der Waals surface area (Å²) in [5, 5.41) is 9.73. The second-order valence-corrected chi connectivity index (χ2v) is 5.43. The summed E-state index contributed by atoms with van der Waals surface area (Å²) in [6, 6.07) is 5.82. The molecule has 3 N–H and O–H groups in total. The minimum Gasteiger partial charge on any atom is -0.399 e. The average molecular weight is 255 g/mol. The van der Waals surface area contributed by atoms with Crippen LogP contribution >= 0.6 is 11.8 Å². The van der Waals surface area contributed by atoms with E-state index in [-0.39, 0.29) is 6.10 Å².